The van der Waals surface area contributed by atoms with Gasteiger partial charge in [0.05, 0.1) is 5.41 Å². The minimum Gasteiger partial charge on any atom is -0.208 e. The van der Waals surface area contributed by atoms with Crippen LogP contribution < -0.4 is 10.4 Å². The summed E-state index contributed by atoms with van der Waals surface area (Å²) in [6, 6.07) is 59.0. The van der Waals surface area contributed by atoms with E-state index in [1.165, 1.54) is 55.3 Å². The average Bonchev–Trinajstić information content (AvgIpc) is 3.72. The van der Waals surface area contributed by atoms with Crippen molar-refractivity contribution in [2.24, 2.45) is 0 Å². The Hall–Kier alpha value is -7.23. The van der Waals surface area contributed by atoms with Crippen LogP contribution in [0.1, 0.15) is 36.1 Å². The van der Waals surface area contributed by atoms with Crippen LogP contribution in [0.4, 0.5) is 0 Å². The Morgan fingerprint density at radius 3 is 1.44 bits per heavy atom. The van der Waals surface area contributed by atoms with Gasteiger partial charge in [-0.05, 0) is 109 Å². The molecule has 0 fully saturated rings. The summed E-state index contributed by atoms with van der Waals surface area (Å²) in [4.78, 5) is 16.0. The van der Waals surface area contributed by atoms with Crippen LogP contribution in [0.5, 0.6) is 0 Å². The van der Waals surface area contributed by atoms with Gasteiger partial charge in [-0.25, -0.2) is 15.0 Å². The number of aromatic nitrogens is 3. The molecule has 8 aromatic carbocycles. The minimum absolute atomic E-state index is 0.525. The molecule has 0 radical (unpaired) electrons. The minimum atomic E-state index is -0.525. The fourth-order valence-electron chi connectivity index (χ4n) is 9.59. The summed E-state index contributed by atoms with van der Waals surface area (Å²) in [6.07, 6.45) is 4.46. The molecule has 57 heavy (non-hydrogen) atoms. The van der Waals surface area contributed by atoms with Gasteiger partial charge in [-0.2, -0.15) is 0 Å². The number of fused-ring (bicyclic) bond motifs is 12. The highest BCUT2D eigenvalue weighted by molar-refractivity contribution is 5.96. The SMILES string of the molecule is C=C(C)C=c1c(-c2nc(-c3ccc4ccccc4c3)nc(-c3ccc4ccccc4c3)n2)cc2c(c1=CC)-c1ccccc1C21c2ccccc2-c2ccccc21. The van der Waals surface area contributed by atoms with E-state index in [2.05, 4.69) is 196 Å². The molecule has 1 aromatic heterocycles. The molecule has 9 aromatic rings. The second-order valence-electron chi connectivity index (χ2n) is 15.3. The summed E-state index contributed by atoms with van der Waals surface area (Å²) in [7, 11) is 0. The largest absolute Gasteiger partial charge is 0.208 e. The second-order valence-corrected chi connectivity index (χ2v) is 15.3. The molecule has 1 heterocycles. The molecular weight excluding hydrogens is 691 g/mol. The summed E-state index contributed by atoms with van der Waals surface area (Å²) >= 11 is 0. The topological polar surface area (TPSA) is 38.7 Å². The first-order chi connectivity index (χ1) is 28.0. The van der Waals surface area contributed by atoms with Gasteiger partial charge < -0.3 is 0 Å². The molecule has 11 rings (SSSR count). The number of hydrogen-bond donors (Lipinski definition) is 0. The molecule has 268 valence electrons. The van der Waals surface area contributed by atoms with E-state index < -0.39 is 5.41 Å². The van der Waals surface area contributed by atoms with Crippen LogP contribution in [0.15, 0.2) is 176 Å². The fourth-order valence-corrected chi connectivity index (χ4v) is 9.59. The van der Waals surface area contributed by atoms with Gasteiger partial charge in [-0.15, -0.1) is 0 Å². The van der Waals surface area contributed by atoms with Crippen molar-refractivity contribution in [2.75, 3.05) is 0 Å². The molecule has 3 nitrogen and oxygen atoms in total. The summed E-state index contributed by atoms with van der Waals surface area (Å²) in [5.74, 6) is 1.89. The van der Waals surface area contributed by atoms with Gasteiger partial charge in [0.25, 0.3) is 0 Å². The fraction of sp³-hybridized carbons (Fsp3) is 0.0556. The smallest absolute Gasteiger partial charge is 0.164 e. The standard InChI is InChI=1S/C54H37N3/c1-4-40-44(29-33(2)3)45(32-49-50(40)43-21-11-14-24-48(43)54(49)46-22-12-9-19-41(46)42-20-10-13-23-47(42)54)53-56-51(38-27-25-34-15-5-7-17-36(34)30-38)55-52(57-53)39-28-26-35-16-6-8-18-37(35)31-39/h4-32H,2H2,1,3H3. The van der Waals surface area contributed by atoms with Gasteiger partial charge >= 0.3 is 0 Å². The monoisotopic (exact) mass is 727 g/mol. The van der Waals surface area contributed by atoms with Crippen molar-refractivity contribution in [1.82, 2.24) is 15.0 Å². The number of rotatable bonds is 4. The first-order valence-corrected chi connectivity index (χ1v) is 19.6. The third-order valence-corrected chi connectivity index (χ3v) is 11.9. The van der Waals surface area contributed by atoms with Gasteiger partial charge in [0.15, 0.2) is 17.5 Å². The van der Waals surface area contributed by atoms with E-state index in [0.29, 0.717) is 17.5 Å². The van der Waals surface area contributed by atoms with Crippen molar-refractivity contribution < 1.29 is 0 Å². The van der Waals surface area contributed by atoms with E-state index in [1.54, 1.807) is 0 Å². The van der Waals surface area contributed by atoms with Gasteiger partial charge in [-0.1, -0.05) is 170 Å². The van der Waals surface area contributed by atoms with Crippen LogP contribution in [-0.2, 0) is 5.41 Å². The molecule has 2 aliphatic carbocycles. The number of hydrogen-bond acceptors (Lipinski definition) is 3. The number of allylic oxidation sites excluding steroid dienone is 1. The molecule has 1 spiro atoms. The lowest BCUT2D eigenvalue weighted by molar-refractivity contribution is 0.793. The number of nitrogens with zero attached hydrogens (tertiary/aromatic N) is 3. The maximum absolute atomic E-state index is 5.40. The molecule has 0 saturated heterocycles. The molecule has 0 bridgehead atoms. The molecule has 2 aliphatic rings. The normalized spacial score (nSPS) is 13.9. The summed E-state index contributed by atoms with van der Waals surface area (Å²) < 4.78 is 0. The molecule has 0 aliphatic heterocycles. The lowest BCUT2D eigenvalue weighted by Gasteiger charge is -2.30. The highest BCUT2D eigenvalue weighted by Gasteiger charge is 2.52. The van der Waals surface area contributed by atoms with Crippen molar-refractivity contribution in [3.05, 3.63) is 209 Å². The van der Waals surface area contributed by atoms with Crippen LogP contribution in [0.3, 0.4) is 0 Å². The average molecular weight is 728 g/mol. The Balaban J connectivity index is 1.27. The third-order valence-electron chi connectivity index (χ3n) is 11.9. The molecule has 0 saturated carbocycles. The maximum atomic E-state index is 5.40. The predicted octanol–water partition coefficient (Wildman–Crippen LogP) is 11.7. The van der Waals surface area contributed by atoms with E-state index in [-0.39, 0.29) is 0 Å². The zero-order chi connectivity index (χ0) is 38.3. The van der Waals surface area contributed by atoms with Crippen molar-refractivity contribution >= 4 is 33.7 Å². The maximum Gasteiger partial charge on any atom is 0.164 e. The highest BCUT2D eigenvalue weighted by Crippen LogP contribution is 2.62. The van der Waals surface area contributed by atoms with Crippen LogP contribution in [0.25, 0.3) is 90.1 Å². The highest BCUT2D eigenvalue weighted by atomic mass is 15.0. The Morgan fingerprint density at radius 1 is 0.456 bits per heavy atom. The lowest BCUT2D eigenvalue weighted by Crippen LogP contribution is -2.33. The Labute approximate surface area is 331 Å². The van der Waals surface area contributed by atoms with Crippen molar-refractivity contribution in [2.45, 2.75) is 19.3 Å². The van der Waals surface area contributed by atoms with Crippen molar-refractivity contribution in [1.29, 1.82) is 0 Å². The predicted molar refractivity (Wildman–Crippen MR) is 236 cm³/mol. The summed E-state index contributed by atoms with van der Waals surface area (Å²) in [5, 5.41) is 6.82. The van der Waals surface area contributed by atoms with E-state index in [0.717, 1.165) is 43.5 Å². The van der Waals surface area contributed by atoms with Crippen LogP contribution in [0.2, 0.25) is 0 Å². The first-order valence-electron chi connectivity index (χ1n) is 19.6. The van der Waals surface area contributed by atoms with Crippen LogP contribution in [0, 0.1) is 0 Å². The molecule has 0 atom stereocenters. The first kappa shape index (κ1) is 33.1. The van der Waals surface area contributed by atoms with Crippen LogP contribution >= 0.6 is 0 Å². The molecular formula is C54H37N3. The number of benzene rings is 8. The van der Waals surface area contributed by atoms with Crippen LogP contribution in [-0.4, -0.2) is 15.0 Å². The summed E-state index contributed by atoms with van der Waals surface area (Å²) in [6.45, 7) is 8.60. The zero-order valence-electron chi connectivity index (χ0n) is 31.8. The van der Waals surface area contributed by atoms with Crippen molar-refractivity contribution in [3.8, 4) is 56.4 Å². The Morgan fingerprint density at radius 2 is 0.912 bits per heavy atom. The Bertz CT molecular complexity index is 3160. The molecule has 3 heteroatoms. The quantitative estimate of drug-likeness (QED) is 0.181. The van der Waals surface area contributed by atoms with Gasteiger partial charge in [-0.3, -0.25) is 0 Å². The molecule has 0 unspecified atom stereocenters. The van der Waals surface area contributed by atoms with E-state index in [9.17, 15) is 0 Å². The van der Waals surface area contributed by atoms with Gasteiger partial charge in [0.2, 0.25) is 0 Å². The van der Waals surface area contributed by atoms with E-state index in [4.69, 9.17) is 15.0 Å². The van der Waals surface area contributed by atoms with Crippen molar-refractivity contribution in [3.63, 3.8) is 0 Å². The molecule has 0 amide bonds. The summed E-state index contributed by atoms with van der Waals surface area (Å²) in [5.41, 5.74) is 13.4. The third kappa shape index (κ3) is 4.89. The second kappa shape index (κ2) is 12.7. The lowest BCUT2D eigenvalue weighted by atomic mass is 9.70. The van der Waals surface area contributed by atoms with Gasteiger partial charge in [0, 0.05) is 16.7 Å². The zero-order valence-corrected chi connectivity index (χ0v) is 31.8. The Kier molecular flexibility index (Phi) is 7.36. The van der Waals surface area contributed by atoms with E-state index in [1.807, 2.05) is 0 Å². The molecule has 0 N–H and O–H groups in total. The van der Waals surface area contributed by atoms with Gasteiger partial charge in [0.1, 0.15) is 0 Å². The van der Waals surface area contributed by atoms with E-state index >= 15 is 0 Å².